The van der Waals surface area contributed by atoms with Gasteiger partial charge >= 0.3 is 63.2 Å². The topological polar surface area (TPSA) is 184 Å². The first-order chi connectivity index (χ1) is 51.9. The third kappa shape index (κ3) is 67.8. The van der Waals surface area contributed by atoms with Gasteiger partial charge in [0.15, 0.2) is 0 Å². The number of hydrogen-bond donors (Lipinski definition) is 0. The van der Waals surface area contributed by atoms with E-state index in [2.05, 4.69) is 129 Å². The van der Waals surface area contributed by atoms with Crippen LogP contribution in [-0.4, -0.2) is 0 Å². The Kier molecular flexibility index (Phi) is 82.2. The van der Waals surface area contributed by atoms with Crippen LogP contribution in [0.5, 0.6) is 0 Å². The summed E-state index contributed by atoms with van der Waals surface area (Å²) in [5, 5.41) is 0. The van der Waals surface area contributed by atoms with Crippen molar-refractivity contribution in [1.29, 1.82) is 0 Å². The molecule has 0 aliphatic rings. The van der Waals surface area contributed by atoms with Crippen LogP contribution >= 0.6 is 22.8 Å². The van der Waals surface area contributed by atoms with Crippen LogP contribution in [0.3, 0.4) is 0 Å². The largest absolute Gasteiger partial charge is 4.00 e. The number of unbranched alkanes of at least 4 members (excludes halogenated alkanes) is 40. The molecule has 0 amide bonds. The van der Waals surface area contributed by atoms with Crippen LogP contribution < -0.4 is 39.1 Å². The fraction of sp³-hybridized carbons (Fsp3) is 0.727. The number of benzene rings is 4. The minimum absolute atomic E-state index is 0. The summed E-state index contributed by atoms with van der Waals surface area (Å²) in [5.74, 6) is 0. The molecule has 0 radical (unpaired) electrons. The van der Waals surface area contributed by atoms with Gasteiger partial charge in [0.05, 0.1) is 0 Å². The van der Waals surface area contributed by atoms with Crippen molar-refractivity contribution in [2.45, 2.75) is 435 Å². The molecule has 0 aromatic heterocycles. The van der Waals surface area contributed by atoms with Crippen LogP contribution in [0.2, 0.25) is 0 Å². The Morgan fingerprint density at radius 1 is 0.198 bits per heavy atom. The van der Waals surface area contributed by atoms with E-state index in [0.29, 0.717) is 0 Å². The summed E-state index contributed by atoms with van der Waals surface area (Å²) in [4.78, 5) is 96.9. The third-order valence-corrected chi connectivity index (χ3v) is 31.0. The molecule has 630 valence electrons. The summed E-state index contributed by atoms with van der Waals surface area (Å²) in [6, 6.07) is 24.4. The molecule has 0 N–H and O–H groups in total. The summed E-state index contributed by atoms with van der Waals surface area (Å²) < 4.78 is 0. The maximum Gasteiger partial charge on any atom is 4.00 e. The van der Waals surface area contributed by atoms with E-state index in [4.69, 9.17) is 0 Å². The molecular weight excluding hydrogens is 1850 g/mol. The van der Waals surface area contributed by atoms with Crippen LogP contribution in [0.15, 0.2) is 92.4 Å². The molecule has 0 spiro atoms. The molecule has 4 aromatic carbocycles. The molecule has 4 rings (SSSR count). The Labute approximate surface area is 761 Å². The summed E-state index contributed by atoms with van der Waals surface area (Å²) >= 11 is 18.7. The number of rotatable bonds is 60. The summed E-state index contributed by atoms with van der Waals surface area (Å²) in [7, 11) is 3.51. The SMILES string of the molecule is CCCCCCCCc1cccc([S+]=P([O-])([O-])[S-])c1CCCCCCCC.CCCCCCCCc1cccc([S+]=P([O-])([O-])[S-])c1CCCCCCCC.CCCCCCCCc1cccc([S+]=P([O-])([O-])[S-])c1CCCCCCCC.CCCCCCCCc1cccc([S+]=P([O-])([O-])[S-])c1CCCCCCCC.[Mo+4].[Mo+4].[Mo+4]. The molecule has 0 atom stereocenters. The fourth-order valence-corrected chi connectivity index (χ4v) is 24.8. The Bertz CT molecular complexity index is 2670. The van der Waals surface area contributed by atoms with Crippen molar-refractivity contribution in [3.8, 4) is 0 Å². The van der Waals surface area contributed by atoms with E-state index < -0.39 is 22.8 Å². The second kappa shape index (κ2) is 77.4. The normalized spacial score (nSPS) is 11.4. The first kappa shape index (κ1) is 118. The van der Waals surface area contributed by atoms with Gasteiger partial charge in [-0.25, -0.2) is 0 Å². The van der Waals surface area contributed by atoms with Crippen molar-refractivity contribution in [3.63, 3.8) is 0 Å². The molecule has 4 aromatic rings. The summed E-state index contributed by atoms with van der Waals surface area (Å²) in [6.07, 6.45) is 68.8. The molecule has 0 fully saturated rings. The zero-order valence-corrected chi connectivity index (χ0v) is 86.2. The van der Waals surface area contributed by atoms with Gasteiger partial charge in [0, 0.05) is 46.5 Å². The molecule has 0 saturated heterocycles. The van der Waals surface area contributed by atoms with E-state index in [1.54, 1.807) is 0 Å². The molecule has 23 heteroatoms. The third-order valence-electron chi connectivity index (χ3n) is 20.1. The zero-order chi connectivity index (χ0) is 79.8. The van der Waals surface area contributed by atoms with Crippen LogP contribution in [0.1, 0.15) is 408 Å². The molecule has 0 aliphatic carbocycles. The Balaban J connectivity index is -0.00000139. The van der Waals surface area contributed by atoms with Crippen molar-refractivity contribution < 1.29 is 102 Å². The molecule has 0 heterocycles. The Hall–Kier alpha value is 2.62. The fourth-order valence-electron chi connectivity index (χ4n) is 14.1. The van der Waals surface area contributed by atoms with E-state index in [1.165, 1.54) is 327 Å². The first-order valence-electron chi connectivity index (χ1n) is 43.2. The monoisotopic (exact) mass is 2010 g/mol. The average Bonchev–Trinajstić information content (AvgIpc) is 0.857. The van der Waals surface area contributed by atoms with Crippen LogP contribution in [0.4, 0.5) is 0 Å². The van der Waals surface area contributed by atoms with Gasteiger partial charge < -0.3 is 88.1 Å². The van der Waals surface area contributed by atoms with Gasteiger partial charge in [-0.2, -0.15) is 0 Å². The maximum atomic E-state index is 11.7. The Morgan fingerprint density at radius 2 is 0.324 bits per heavy atom. The van der Waals surface area contributed by atoms with Crippen molar-refractivity contribution >= 4 is 116 Å². The van der Waals surface area contributed by atoms with Gasteiger partial charge in [0.25, 0.3) is 0 Å². The van der Waals surface area contributed by atoms with Crippen LogP contribution in [-0.2, 0) is 207 Å². The molecular formula is C88H148Mo3O8P4S8+4. The summed E-state index contributed by atoms with van der Waals surface area (Å²) in [6.45, 7) is 17.9. The predicted molar refractivity (Wildman–Crippen MR) is 482 cm³/mol. The number of hydrogen-bond acceptors (Lipinski definition) is 12. The molecule has 111 heavy (non-hydrogen) atoms. The van der Waals surface area contributed by atoms with E-state index in [9.17, 15) is 39.1 Å². The molecule has 0 unspecified atom stereocenters. The van der Waals surface area contributed by atoms with Crippen LogP contribution in [0.25, 0.3) is 0 Å². The van der Waals surface area contributed by atoms with Gasteiger partial charge in [-0.05, 0) is 125 Å². The second-order valence-electron chi connectivity index (χ2n) is 29.9. The van der Waals surface area contributed by atoms with Crippen molar-refractivity contribution in [3.05, 3.63) is 117 Å². The number of aryl methyl sites for hydroxylation is 4. The summed E-state index contributed by atoms with van der Waals surface area (Å²) in [5.41, 5.74) is -4.91. The van der Waals surface area contributed by atoms with Gasteiger partial charge in [-0.15, -0.1) is 22.8 Å². The standard InChI is InChI=1S/4C22H37O2PS2.3Mo/c4*1-3-5-7-9-11-13-16-20-17-15-19-22(27-25(23,24)26)21(20)18-14-12-10-8-6-4-2;;;/h4*15,17,19H,3-14,16,18H2,1-2H3;;;/q4*-2;3*+4. The van der Waals surface area contributed by atoms with Crippen molar-refractivity contribution in [2.75, 3.05) is 0 Å². The van der Waals surface area contributed by atoms with E-state index in [-0.39, 0.29) is 63.2 Å². The van der Waals surface area contributed by atoms with Gasteiger partial charge in [-0.3, -0.25) is 0 Å². The van der Waals surface area contributed by atoms with Crippen molar-refractivity contribution in [1.82, 2.24) is 0 Å². The van der Waals surface area contributed by atoms with E-state index >= 15 is 0 Å². The van der Waals surface area contributed by atoms with Crippen LogP contribution in [0, 0.1) is 0 Å². The van der Waals surface area contributed by atoms with Gasteiger partial charge in [0.1, 0.15) is 43.8 Å². The second-order valence-corrected chi connectivity index (χ2v) is 52.4. The zero-order valence-electron chi connectivity index (χ0n) is 70.1. The molecule has 0 saturated carbocycles. The first-order valence-corrected chi connectivity index (χ1v) is 59.4. The molecule has 8 nitrogen and oxygen atoms in total. The average molecular weight is 2000 g/mol. The predicted octanol–water partition coefficient (Wildman–Crippen LogP) is 23.5. The van der Waals surface area contributed by atoms with Gasteiger partial charge in [-0.1, -0.05) is 361 Å². The Morgan fingerprint density at radius 3 is 0.459 bits per heavy atom. The van der Waals surface area contributed by atoms with E-state index in [0.717, 1.165) is 140 Å². The minimum Gasteiger partial charge on any atom is -0.815 e. The van der Waals surface area contributed by atoms with Crippen molar-refractivity contribution in [2.24, 2.45) is 0 Å². The maximum absolute atomic E-state index is 11.7. The minimum atomic E-state index is -3.78. The molecule has 0 bridgehead atoms. The molecule has 0 aliphatic heterocycles. The quantitative estimate of drug-likeness (QED) is 0.0134. The smallest absolute Gasteiger partial charge is 0.815 e. The van der Waals surface area contributed by atoms with Gasteiger partial charge in [0.2, 0.25) is 19.6 Å². The van der Waals surface area contributed by atoms with E-state index in [1.807, 2.05) is 48.5 Å².